The number of likely N-dealkylation sites (tertiary alicyclic amines) is 1. The predicted molar refractivity (Wildman–Crippen MR) is 174 cm³/mol. The summed E-state index contributed by atoms with van der Waals surface area (Å²) in [4.78, 5) is 21.2. The molecule has 3 aliphatic rings. The molecule has 0 spiro atoms. The maximum atomic E-state index is 13.6. The molecule has 1 atom stereocenters. The van der Waals surface area contributed by atoms with Crippen molar-refractivity contribution in [1.29, 1.82) is 0 Å². The number of hydrogen-bond acceptors (Lipinski definition) is 11. The SMILES string of the molecule is O=C(Nc1cn(Cc2cn(C3CCN(C4CCOC4)CC3)nn2)nc1-c1cc(SC2COC2)ccc1OC(F)F)c1cnn2cccnc12. The van der Waals surface area contributed by atoms with Crippen LogP contribution in [0.15, 0.2) is 60.1 Å². The molecule has 17 heteroatoms. The number of nitrogens with zero attached hydrogens (tertiary/aromatic N) is 9. The number of halogens is 2. The molecule has 1 aromatic carbocycles. The average molecular weight is 693 g/mol. The number of ether oxygens (including phenoxy) is 3. The second kappa shape index (κ2) is 13.8. The third kappa shape index (κ3) is 6.88. The van der Waals surface area contributed by atoms with Crippen molar-refractivity contribution in [3.8, 4) is 17.0 Å². The van der Waals surface area contributed by atoms with Gasteiger partial charge in [0, 0.05) is 54.8 Å². The molecule has 1 amide bonds. The van der Waals surface area contributed by atoms with Gasteiger partial charge < -0.3 is 19.5 Å². The molecule has 3 saturated heterocycles. The van der Waals surface area contributed by atoms with Crippen LogP contribution in [0.2, 0.25) is 0 Å². The van der Waals surface area contributed by atoms with Crippen LogP contribution >= 0.6 is 11.8 Å². The van der Waals surface area contributed by atoms with Gasteiger partial charge in [-0.3, -0.25) is 14.4 Å². The lowest BCUT2D eigenvalue weighted by Crippen LogP contribution is -2.42. The van der Waals surface area contributed by atoms with Gasteiger partial charge in [-0.25, -0.2) is 14.2 Å². The molecule has 3 aliphatic heterocycles. The molecule has 0 bridgehead atoms. The summed E-state index contributed by atoms with van der Waals surface area (Å²) in [5.41, 5.74) is 2.15. The van der Waals surface area contributed by atoms with Gasteiger partial charge in [0.2, 0.25) is 0 Å². The topological polar surface area (TPSA) is 139 Å². The summed E-state index contributed by atoms with van der Waals surface area (Å²) in [6.45, 7) is 1.98. The average Bonchev–Trinajstić information content (AvgIpc) is 3.91. The van der Waals surface area contributed by atoms with Crippen molar-refractivity contribution in [2.75, 3.05) is 44.8 Å². The lowest BCUT2D eigenvalue weighted by Gasteiger charge is -2.35. The quantitative estimate of drug-likeness (QED) is 0.215. The van der Waals surface area contributed by atoms with E-state index in [1.165, 1.54) is 16.8 Å². The van der Waals surface area contributed by atoms with Gasteiger partial charge in [0.05, 0.1) is 55.7 Å². The second-order valence-corrected chi connectivity index (χ2v) is 13.7. The zero-order valence-corrected chi connectivity index (χ0v) is 27.2. The van der Waals surface area contributed by atoms with E-state index in [1.54, 1.807) is 53.2 Å². The number of carbonyl (C=O) groups excluding carboxylic acids is 1. The third-order valence-electron chi connectivity index (χ3n) is 9.04. The molecule has 0 saturated carbocycles. The standard InChI is InChI=1S/C32H34F2N10O4S/c33-32(34)48-28-3-2-23(49-24-18-47-19-24)12-25(28)29-27(37-31(45)26-13-36-43-8-1-7-35-30(26)43)16-42(39-29)14-20-15-44(40-38-20)21-4-9-41(10-5-21)22-6-11-46-17-22/h1-3,7-8,12-13,15-16,21-22,24,32H,4-6,9-11,14,17-19H2,(H,37,45). The van der Waals surface area contributed by atoms with Crippen LogP contribution in [0, 0.1) is 0 Å². The second-order valence-electron chi connectivity index (χ2n) is 12.3. The highest BCUT2D eigenvalue weighted by molar-refractivity contribution is 8.00. The van der Waals surface area contributed by atoms with Crippen molar-refractivity contribution < 1.29 is 27.8 Å². The van der Waals surface area contributed by atoms with Gasteiger partial charge in [0.15, 0.2) is 5.65 Å². The summed E-state index contributed by atoms with van der Waals surface area (Å²) in [6.07, 6.45) is 11.3. The van der Waals surface area contributed by atoms with Crippen LogP contribution in [0.4, 0.5) is 14.5 Å². The lowest BCUT2D eigenvalue weighted by atomic mass is 10.0. The lowest BCUT2D eigenvalue weighted by molar-refractivity contribution is -0.0494. The molecule has 49 heavy (non-hydrogen) atoms. The first-order chi connectivity index (χ1) is 24.0. The molecule has 3 fully saturated rings. The number of aromatic nitrogens is 8. The molecule has 8 rings (SSSR count). The summed E-state index contributed by atoms with van der Waals surface area (Å²) < 4.78 is 48.1. The molecule has 256 valence electrons. The minimum absolute atomic E-state index is 0.0657. The van der Waals surface area contributed by atoms with Crippen molar-refractivity contribution in [3.05, 3.63) is 66.5 Å². The van der Waals surface area contributed by atoms with E-state index >= 15 is 0 Å². The van der Waals surface area contributed by atoms with E-state index in [1.807, 2.05) is 10.9 Å². The van der Waals surface area contributed by atoms with Crippen LogP contribution in [0.1, 0.15) is 41.4 Å². The highest BCUT2D eigenvalue weighted by Crippen LogP contribution is 2.40. The Morgan fingerprint density at radius 3 is 2.76 bits per heavy atom. The van der Waals surface area contributed by atoms with Crippen LogP contribution in [0.25, 0.3) is 16.9 Å². The van der Waals surface area contributed by atoms with Gasteiger partial charge in [-0.2, -0.15) is 19.0 Å². The smallest absolute Gasteiger partial charge is 0.387 e. The Labute approximate surface area is 283 Å². The number of amides is 1. The Kier molecular flexibility index (Phi) is 8.96. The van der Waals surface area contributed by atoms with Gasteiger partial charge >= 0.3 is 6.61 Å². The first-order valence-electron chi connectivity index (χ1n) is 16.2. The van der Waals surface area contributed by atoms with Crippen LogP contribution in [0.5, 0.6) is 5.75 Å². The number of anilines is 1. The molecule has 1 unspecified atom stereocenters. The number of piperidine rings is 1. The maximum Gasteiger partial charge on any atom is 0.387 e. The van der Waals surface area contributed by atoms with Crippen molar-refractivity contribution in [2.45, 2.75) is 54.6 Å². The van der Waals surface area contributed by atoms with Gasteiger partial charge in [-0.05, 0) is 43.5 Å². The molecule has 5 aromatic rings. The Bertz CT molecular complexity index is 1930. The maximum absolute atomic E-state index is 13.6. The zero-order valence-electron chi connectivity index (χ0n) is 26.4. The molecule has 0 aliphatic carbocycles. The highest BCUT2D eigenvalue weighted by atomic mass is 32.2. The summed E-state index contributed by atoms with van der Waals surface area (Å²) in [6, 6.07) is 7.42. The Morgan fingerprint density at radius 1 is 1.10 bits per heavy atom. The van der Waals surface area contributed by atoms with Gasteiger partial charge in [0.1, 0.15) is 22.7 Å². The number of thioether (sulfide) groups is 1. The molecule has 4 aromatic heterocycles. The van der Waals surface area contributed by atoms with Gasteiger partial charge in [-0.1, -0.05) is 5.21 Å². The van der Waals surface area contributed by atoms with E-state index < -0.39 is 12.5 Å². The molecular formula is C32H34F2N10O4S. The Hall–Kier alpha value is -4.45. The van der Waals surface area contributed by atoms with E-state index in [2.05, 4.69) is 30.6 Å². The van der Waals surface area contributed by atoms with E-state index in [0.717, 1.165) is 50.5 Å². The number of carbonyl (C=O) groups is 1. The molecule has 0 radical (unpaired) electrons. The highest BCUT2D eigenvalue weighted by Gasteiger charge is 2.29. The van der Waals surface area contributed by atoms with Crippen molar-refractivity contribution in [2.24, 2.45) is 0 Å². The number of fused-ring (bicyclic) bond motifs is 1. The molecule has 7 heterocycles. The summed E-state index contributed by atoms with van der Waals surface area (Å²) in [7, 11) is 0. The summed E-state index contributed by atoms with van der Waals surface area (Å²) >= 11 is 1.58. The number of hydrogen-bond donors (Lipinski definition) is 1. The first-order valence-corrected chi connectivity index (χ1v) is 17.1. The fourth-order valence-corrected chi connectivity index (χ4v) is 7.51. The minimum Gasteiger partial charge on any atom is -0.434 e. The number of alkyl halides is 2. The monoisotopic (exact) mass is 692 g/mol. The van der Waals surface area contributed by atoms with E-state index in [-0.39, 0.29) is 34.8 Å². The fraction of sp³-hybridized carbons (Fsp3) is 0.438. The van der Waals surface area contributed by atoms with Crippen LogP contribution < -0.4 is 10.1 Å². The van der Waals surface area contributed by atoms with Crippen LogP contribution in [0.3, 0.4) is 0 Å². The molecule has 14 nitrogen and oxygen atoms in total. The fourth-order valence-electron chi connectivity index (χ4n) is 6.47. The predicted octanol–water partition coefficient (Wildman–Crippen LogP) is 4.00. The number of benzene rings is 1. The van der Waals surface area contributed by atoms with Gasteiger partial charge in [0.25, 0.3) is 5.91 Å². The molecular weight excluding hydrogens is 658 g/mol. The Balaban J connectivity index is 1.08. The van der Waals surface area contributed by atoms with Gasteiger partial charge in [-0.15, -0.1) is 16.9 Å². The van der Waals surface area contributed by atoms with E-state index in [0.29, 0.717) is 41.8 Å². The van der Waals surface area contributed by atoms with Crippen LogP contribution in [-0.4, -0.2) is 108 Å². The van der Waals surface area contributed by atoms with E-state index in [9.17, 15) is 13.6 Å². The third-order valence-corrected chi connectivity index (χ3v) is 10.2. The van der Waals surface area contributed by atoms with Crippen LogP contribution in [-0.2, 0) is 16.0 Å². The first kappa shape index (κ1) is 31.8. The number of rotatable bonds is 11. The van der Waals surface area contributed by atoms with E-state index in [4.69, 9.17) is 19.3 Å². The zero-order chi connectivity index (χ0) is 33.3. The summed E-state index contributed by atoms with van der Waals surface area (Å²) in [5.74, 6) is -0.548. The Morgan fingerprint density at radius 2 is 1.98 bits per heavy atom. The normalized spacial score (nSPS) is 19.1. The largest absolute Gasteiger partial charge is 0.434 e. The van der Waals surface area contributed by atoms with Crippen molar-refractivity contribution >= 4 is 29.0 Å². The molecule has 1 N–H and O–H groups in total. The van der Waals surface area contributed by atoms with Crippen molar-refractivity contribution in [3.63, 3.8) is 0 Å². The number of nitrogens with one attached hydrogen (secondary N) is 1. The summed E-state index contributed by atoms with van der Waals surface area (Å²) in [5, 5.41) is 21.0. The minimum atomic E-state index is -3.06. The van der Waals surface area contributed by atoms with Crippen molar-refractivity contribution in [1.82, 2.24) is 44.3 Å².